The van der Waals surface area contributed by atoms with Gasteiger partial charge >= 0.3 is 5.97 Å². The Hall–Kier alpha value is -1.36. The van der Waals surface area contributed by atoms with E-state index in [0.717, 1.165) is 44.9 Å². The van der Waals surface area contributed by atoms with Crippen LogP contribution in [0.2, 0.25) is 0 Å². The van der Waals surface area contributed by atoms with E-state index in [1.807, 2.05) is 25.1 Å². The molecular weight excluding hydrogens is 416 g/mol. The third-order valence-electron chi connectivity index (χ3n) is 6.08. The number of carbonyl (C=O) groups excluding carboxylic acids is 1. The fraction of sp³-hybridized carbons (Fsp3) is 0.560. The van der Waals surface area contributed by atoms with Crippen LogP contribution in [0.4, 0.5) is 0 Å². The number of aryl methyl sites for hydroxylation is 2. The van der Waals surface area contributed by atoms with Gasteiger partial charge in [0.2, 0.25) is 0 Å². The summed E-state index contributed by atoms with van der Waals surface area (Å²) >= 11 is 8.15. The lowest BCUT2D eigenvalue weighted by Gasteiger charge is -2.23. The second-order valence-corrected chi connectivity index (χ2v) is 10.0. The van der Waals surface area contributed by atoms with Crippen molar-refractivity contribution in [2.75, 3.05) is 6.61 Å². The first-order valence-electron chi connectivity index (χ1n) is 11.2. The molecule has 2 aromatic rings. The molecule has 1 aliphatic carbocycles. The number of halogens is 1. The van der Waals surface area contributed by atoms with E-state index in [4.69, 9.17) is 16.3 Å². The van der Waals surface area contributed by atoms with Crippen LogP contribution in [0.3, 0.4) is 0 Å². The molecule has 0 unspecified atom stereocenters. The number of hydrogen-bond donors (Lipinski definition) is 1. The minimum Gasteiger partial charge on any atom is -0.462 e. The molecule has 1 saturated carbocycles. The van der Waals surface area contributed by atoms with Crippen molar-refractivity contribution < 1.29 is 14.6 Å². The zero-order valence-electron chi connectivity index (χ0n) is 17.8. The minimum absolute atomic E-state index is 0.0599. The highest BCUT2D eigenvalue weighted by Crippen LogP contribution is 2.42. The van der Waals surface area contributed by atoms with Crippen molar-refractivity contribution in [2.45, 2.75) is 69.8 Å². The lowest BCUT2D eigenvalue weighted by Crippen LogP contribution is -2.21. The van der Waals surface area contributed by atoms with Gasteiger partial charge in [-0.1, -0.05) is 37.3 Å². The van der Waals surface area contributed by atoms with Crippen LogP contribution in [-0.4, -0.2) is 29.2 Å². The predicted molar refractivity (Wildman–Crippen MR) is 124 cm³/mol. The number of benzene rings is 1. The van der Waals surface area contributed by atoms with Gasteiger partial charge in [0.05, 0.1) is 12.7 Å². The fourth-order valence-electron chi connectivity index (χ4n) is 4.52. The Bertz CT molecular complexity index is 776. The Kier molecular flexibility index (Phi) is 9.23. The van der Waals surface area contributed by atoms with Crippen molar-refractivity contribution in [2.24, 2.45) is 11.8 Å². The third-order valence-corrected chi connectivity index (χ3v) is 7.71. The van der Waals surface area contributed by atoms with E-state index < -0.39 is 0 Å². The Morgan fingerprint density at radius 3 is 2.60 bits per heavy atom. The van der Waals surface area contributed by atoms with Crippen LogP contribution in [0.15, 0.2) is 42.5 Å². The van der Waals surface area contributed by atoms with E-state index >= 15 is 0 Å². The molecule has 5 heteroatoms. The standard InChI is InChI=1S/C25H33ClO3S/c1-2-16-29-25(28)24-15-14-19(30-24)11-7-12-20-21(23(27)17-22(20)26)13-6-10-18-8-4-3-5-9-18/h3-5,8-9,14-15,20-23,27H,2,6-7,10-13,16-17H2,1H3/t20-,21-,22-,23-/m1/s1. The van der Waals surface area contributed by atoms with E-state index in [0.29, 0.717) is 29.7 Å². The Balaban J connectivity index is 1.45. The molecule has 3 nitrogen and oxygen atoms in total. The largest absolute Gasteiger partial charge is 0.462 e. The maximum absolute atomic E-state index is 12.0. The first-order valence-corrected chi connectivity index (χ1v) is 12.5. The fourth-order valence-corrected chi connectivity index (χ4v) is 5.96. The summed E-state index contributed by atoms with van der Waals surface area (Å²) in [5, 5.41) is 10.6. The first kappa shape index (κ1) is 23.3. The van der Waals surface area contributed by atoms with Crippen LogP contribution in [0.5, 0.6) is 0 Å². The SMILES string of the molecule is CCCOC(=O)c1ccc(CCC[C@@H]2[C@@H](CCCc3ccccc3)[C@H](O)C[C@H]2Cl)s1. The van der Waals surface area contributed by atoms with Gasteiger partial charge in [-0.05, 0) is 80.9 Å². The van der Waals surface area contributed by atoms with Crippen LogP contribution in [-0.2, 0) is 17.6 Å². The number of aliphatic hydroxyl groups is 1. The summed E-state index contributed by atoms with van der Waals surface area (Å²) in [6.45, 7) is 2.46. The molecule has 0 saturated heterocycles. The number of aliphatic hydroxyl groups excluding tert-OH is 1. The van der Waals surface area contributed by atoms with E-state index in [1.165, 1.54) is 21.8 Å². The molecule has 164 valence electrons. The second kappa shape index (κ2) is 11.9. The quantitative estimate of drug-likeness (QED) is 0.325. The molecule has 3 rings (SSSR count). The molecule has 0 aliphatic heterocycles. The van der Waals surface area contributed by atoms with E-state index in [9.17, 15) is 9.90 Å². The zero-order chi connectivity index (χ0) is 21.3. The normalized spacial score (nSPS) is 23.6. The van der Waals surface area contributed by atoms with Gasteiger partial charge in [-0.15, -0.1) is 22.9 Å². The number of hydrogen-bond acceptors (Lipinski definition) is 4. The Morgan fingerprint density at radius 2 is 1.83 bits per heavy atom. The van der Waals surface area contributed by atoms with Crippen molar-refractivity contribution in [3.63, 3.8) is 0 Å². The van der Waals surface area contributed by atoms with Gasteiger partial charge in [0, 0.05) is 10.3 Å². The van der Waals surface area contributed by atoms with Gasteiger partial charge in [-0.2, -0.15) is 0 Å². The summed E-state index contributed by atoms with van der Waals surface area (Å²) < 4.78 is 5.21. The lowest BCUT2D eigenvalue weighted by molar-refractivity contribution is 0.0511. The van der Waals surface area contributed by atoms with Gasteiger partial charge in [-0.3, -0.25) is 0 Å². The average Bonchev–Trinajstić information content (AvgIpc) is 3.32. The van der Waals surface area contributed by atoms with Crippen LogP contribution in [0.25, 0.3) is 0 Å². The highest BCUT2D eigenvalue weighted by atomic mass is 35.5. The van der Waals surface area contributed by atoms with Gasteiger partial charge in [0.15, 0.2) is 0 Å². The molecule has 0 radical (unpaired) electrons. The predicted octanol–water partition coefficient (Wildman–Crippen LogP) is 6.26. The highest BCUT2D eigenvalue weighted by Gasteiger charge is 2.40. The van der Waals surface area contributed by atoms with Crippen molar-refractivity contribution in [3.05, 3.63) is 57.8 Å². The first-order chi connectivity index (χ1) is 14.6. The van der Waals surface area contributed by atoms with Crippen molar-refractivity contribution in [3.8, 4) is 0 Å². The second-order valence-electron chi connectivity index (χ2n) is 8.32. The summed E-state index contributed by atoms with van der Waals surface area (Å²) in [7, 11) is 0. The summed E-state index contributed by atoms with van der Waals surface area (Å²) in [6.07, 6.45) is 7.41. The van der Waals surface area contributed by atoms with E-state index in [2.05, 4.69) is 24.3 Å². The number of ether oxygens (including phenoxy) is 1. The van der Waals surface area contributed by atoms with E-state index in [1.54, 1.807) is 0 Å². The monoisotopic (exact) mass is 448 g/mol. The highest BCUT2D eigenvalue weighted by molar-refractivity contribution is 7.13. The molecule has 1 aromatic carbocycles. The molecule has 1 aromatic heterocycles. The summed E-state index contributed by atoms with van der Waals surface area (Å²) in [6, 6.07) is 14.4. The topological polar surface area (TPSA) is 46.5 Å². The van der Waals surface area contributed by atoms with Gasteiger partial charge in [-0.25, -0.2) is 4.79 Å². The van der Waals surface area contributed by atoms with Crippen molar-refractivity contribution in [1.82, 2.24) is 0 Å². The Morgan fingerprint density at radius 1 is 1.10 bits per heavy atom. The van der Waals surface area contributed by atoms with Crippen LogP contribution in [0.1, 0.15) is 65.6 Å². The smallest absolute Gasteiger partial charge is 0.348 e. The maximum Gasteiger partial charge on any atom is 0.348 e. The third kappa shape index (κ3) is 6.57. The van der Waals surface area contributed by atoms with E-state index in [-0.39, 0.29) is 17.5 Å². The summed E-state index contributed by atoms with van der Waals surface area (Å²) in [4.78, 5) is 13.9. The number of esters is 1. The molecule has 30 heavy (non-hydrogen) atoms. The molecule has 4 atom stereocenters. The average molecular weight is 449 g/mol. The number of alkyl halides is 1. The van der Waals surface area contributed by atoms with Crippen LogP contribution < -0.4 is 0 Å². The van der Waals surface area contributed by atoms with Crippen LogP contribution >= 0.6 is 22.9 Å². The molecule has 0 bridgehead atoms. The Labute approximate surface area is 189 Å². The molecule has 0 amide bonds. The molecular formula is C25H33ClO3S. The zero-order valence-corrected chi connectivity index (χ0v) is 19.3. The van der Waals surface area contributed by atoms with Gasteiger partial charge in [0.1, 0.15) is 4.88 Å². The molecule has 0 spiro atoms. The molecule has 1 aliphatic rings. The maximum atomic E-state index is 12.0. The molecule has 1 N–H and O–H groups in total. The number of thiophene rings is 1. The van der Waals surface area contributed by atoms with Gasteiger partial charge in [0.25, 0.3) is 0 Å². The minimum atomic E-state index is -0.282. The molecule has 1 heterocycles. The summed E-state index contributed by atoms with van der Waals surface area (Å²) in [5.74, 6) is 0.442. The summed E-state index contributed by atoms with van der Waals surface area (Å²) in [5.41, 5.74) is 1.36. The number of rotatable bonds is 11. The van der Waals surface area contributed by atoms with Gasteiger partial charge < -0.3 is 9.84 Å². The number of carbonyl (C=O) groups is 1. The van der Waals surface area contributed by atoms with Crippen molar-refractivity contribution in [1.29, 1.82) is 0 Å². The lowest BCUT2D eigenvalue weighted by atomic mass is 9.85. The van der Waals surface area contributed by atoms with Crippen LogP contribution in [0, 0.1) is 11.8 Å². The molecule has 1 fully saturated rings. The van der Waals surface area contributed by atoms with Crippen molar-refractivity contribution >= 4 is 28.9 Å².